The molecule has 0 saturated carbocycles. The molecule has 1 heteroatoms. The van der Waals surface area contributed by atoms with Crippen LogP contribution in [0.2, 0.25) is 0 Å². The fourth-order valence-electron chi connectivity index (χ4n) is 2.22. The monoisotopic (exact) mass is 228 g/mol. The quantitative estimate of drug-likeness (QED) is 0.708. The first-order valence-electron chi connectivity index (χ1n) is 6.11. The molecular weight excluding hydrogens is 211 g/mol. The Kier molecular flexibility index (Phi) is 3.92. The van der Waals surface area contributed by atoms with Crippen molar-refractivity contribution in [3.05, 3.63) is 71.5 Å². The van der Waals surface area contributed by atoms with E-state index in [1.54, 1.807) is 12.1 Å². The molecule has 0 bridgehead atoms. The highest BCUT2D eigenvalue weighted by atomic mass is 19.1. The molecule has 17 heavy (non-hydrogen) atoms. The molecule has 2 aromatic carbocycles. The molecule has 1 unspecified atom stereocenters. The molecule has 0 fully saturated rings. The molecule has 0 radical (unpaired) electrons. The van der Waals surface area contributed by atoms with E-state index in [1.807, 2.05) is 24.3 Å². The summed E-state index contributed by atoms with van der Waals surface area (Å²) in [5.41, 5.74) is 2.33. The number of benzene rings is 2. The Hall–Kier alpha value is -1.63. The minimum Gasteiger partial charge on any atom is -0.207 e. The number of hydrogen-bond acceptors (Lipinski definition) is 0. The highest BCUT2D eigenvalue weighted by molar-refractivity contribution is 5.32. The minimum atomic E-state index is -0.153. The fraction of sp³-hybridized carbons (Fsp3) is 0.250. The van der Waals surface area contributed by atoms with Gasteiger partial charge in [-0.15, -0.1) is 0 Å². The first-order chi connectivity index (χ1) is 8.31. The van der Waals surface area contributed by atoms with Gasteiger partial charge in [0.2, 0.25) is 0 Å². The zero-order chi connectivity index (χ0) is 12.1. The van der Waals surface area contributed by atoms with E-state index < -0.39 is 0 Å². The van der Waals surface area contributed by atoms with E-state index in [0.717, 1.165) is 18.4 Å². The van der Waals surface area contributed by atoms with Crippen molar-refractivity contribution in [2.24, 2.45) is 0 Å². The Labute approximate surface area is 102 Å². The summed E-state index contributed by atoms with van der Waals surface area (Å²) in [5.74, 6) is 0.149. The van der Waals surface area contributed by atoms with Crippen LogP contribution in [-0.2, 0) is 0 Å². The maximum absolute atomic E-state index is 13.3. The van der Waals surface area contributed by atoms with Crippen LogP contribution in [0, 0.1) is 5.82 Å². The van der Waals surface area contributed by atoms with E-state index in [-0.39, 0.29) is 5.82 Å². The van der Waals surface area contributed by atoms with E-state index >= 15 is 0 Å². The van der Waals surface area contributed by atoms with Gasteiger partial charge >= 0.3 is 0 Å². The molecule has 0 heterocycles. The average molecular weight is 228 g/mol. The van der Waals surface area contributed by atoms with Gasteiger partial charge in [-0.05, 0) is 29.7 Å². The van der Waals surface area contributed by atoms with Gasteiger partial charge in [-0.2, -0.15) is 0 Å². The molecule has 0 nitrogen and oxygen atoms in total. The van der Waals surface area contributed by atoms with Crippen molar-refractivity contribution >= 4 is 0 Å². The minimum absolute atomic E-state index is 0.153. The van der Waals surface area contributed by atoms with Gasteiger partial charge in [-0.3, -0.25) is 0 Å². The van der Waals surface area contributed by atoms with E-state index in [2.05, 4.69) is 19.1 Å². The molecule has 0 amide bonds. The lowest BCUT2D eigenvalue weighted by Gasteiger charge is -2.17. The van der Waals surface area contributed by atoms with Gasteiger partial charge in [-0.25, -0.2) is 4.39 Å². The smallest absolute Gasteiger partial charge is 0.123 e. The van der Waals surface area contributed by atoms with Crippen LogP contribution in [0.3, 0.4) is 0 Å². The molecule has 1 atom stereocenters. The van der Waals surface area contributed by atoms with Gasteiger partial charge in [0.05, 0.1) is 0 Å². The van der Waals surface area contributed by atoms with E-state index in [9.17, 15) is 4.39 Å². The van der Waals surface area contributed by atoms with Crippen molar-refractivity contribution in [3.8, 4) is 0 Å². The summed E-state index contributed by atoms with van der Waals surface area (Å²) >= 11 is 0. The normalized spacial score (nSPS) is 12.4. The predicted molar refractivity (Wildman–Crippen MR) is 69.6 cm³/mol. The van der Waals surface area contributed by atoms with Gasteiger partial charge in [0.15, 0.2) is 0 Å². The van der Waals surface area contributed by atoms with Crippen LogP contribution in [0.1, 0.15) is 36.8 Å². The van der Waals surface area contributed by atoms with Crippen LogP contribution in [0.4, 0.5) is 4.39 Å². The Balaban J connectivity index is 2.35. The summed E-state index contributed by atoms with van der Waals surface area (Å²) in [4.78, 5) is 0. The third-order valence-corrected chi connectivity index (χ3v) is 3.03. The number of rotatable bonds is 4. The average Bonchev–Trinajstić information content (AvgIpc) is 2.37. The van der Waals surface area contributed by atoms with E-state index in [4.69, 9.17) is 0 Å². The summed E-state index contributed by atoms with van der Waals surface area (Å²) in [7, 11) is 0. The van der Waals surface area contributed by atoms with Crippen molar-refractivity contribution < 1.29 is 4.39 Å². The van der Waals surface area contributed by atoms with Crippen molar-refractivity contribution in [3.63, 3.8) is 0 Å². The standard InChI is InChI=1S/C16H17F/c1-2-7-16(13-8-4-3-5-9-13)14-10-6-11-15(17)12-14/h3-6,8-12,16H,2,7H2,1H3. The molecule has 2 rings (SSSR count). The highest BCUT2D eigenvalue weighted by Gasteiger charge is 2.13. The summed E-state index contributed by atoms with van der Waals surface area (Å²) in [6.45, 7) is 2.16. The molecule has 2 aromatic rings. The van der Waals surface area contributed by atoms with Gasteiger partial charge in [-0.1, -0.05) is 55.8 Å². The lowest BCUT2D eigenvalue weighted by molar-refractivity contribution is 0.619. The number of halogens is 1. The predicted octanol–water partition coefficient (Wildman–Crippen LogP) is 4.76. The fourth-order valence-corrected chi connectivity index (χ4v) is 2.22. The van der Waals surface area contributed by atoms with Gasteiger partial charge < -0.3 is 0 Å². The lowest BCUT2D eigenvalue weighted by Crippen LogP contribution is -2.01. The van der Waals surface area contributed by atoms with Crippen LogP contribution in [0.5, 0.6) is 0 Å². The molecule has 88 valence electrons. The van der Waals surface area contributed by atoms with Crippen LogP contribution >= 0.6 is 0 Å². The van der Waals surface area contributed by atoms with Crippen LogP contribution in [0.15, 0.2) is 54.6 Å². The van der Waals surface area contributed by atoms with Crippen molar-refractivity contribution in [2.75, 3.05) is 0 Å². The topological polar surface area (TPSA) is 0 Å². The molecule has 0 aromatic heterocycles. The largest absolute Gasteiger partial charge is 0.207 e. The van der Waals surface area contributed by atoms with Crippen LogP contribution in [-0.4, -0.2) is 0 Å². The Morgan fingerprint density at radius 3 is 2.29 bits per heavy atom. The summed E-state index contributed by atoms with van der Waals surface area (Å²) in [5, 5.41) is 0. The molecule has 0 aliphatic carbocycles. The second-order valence-corrected chi connectivity index (χ2v) is 4.31. The summed E-state index contributed by atoms with van der Waals surface area (Å²) in [6, 6.07) is 17.3. The maximum Gasteiger partial charge on any atom is 0.123 e. The second-order valence-electron chi connectivity index (χ2n) is 4.31. The van der Waals surface area contributed by atoms with Crippen molar-refractivity contribution in [2.45, 2.75) is 25.7 Å². The highest BCUT2D eigenvalue weighted by Crippen LogP contribution is 2.29. The van der Waals surface area contributed by atoms with Crippen molar-refractivity contribution in [1.29, 1.82) is 0 Å². The van der Waals surface area contributed by atoms with Gasteiger partial charge in [0.1, 0.15) is 5.82 Å². The summed E-state index contributed by atoms with van der Waals surface area (Å²) < 4.78 is 13.3. The summed E-state index contributed by atoms with van der Waals surface area (Å²) in [6.07, 6.45) is 2.14. The first kappa shape index (κ1) is 11.8. The molecule has 0 saturated heterocycles. The second kappa shape index (κ2) is 5.62. The van der Waals surface area contributed by atoms with Gasteiger partial charge in [0.25, 0.3) is 0 Å². The number of hydrogen-bond donors (Lipinski definition) is 0. The Bertz CT molecular complexity index is 462. The zero-order valence-electron chi connectivity index (χ0n) is 10.1. The third kappa shape index (κ3) is 2.94. The zero-order valence-corrected chi connectivity index (χ0v) is 10.1. The van der Waals surface area contributed by atoms with Crippen LogP contribution in [0.25, 0.3) is 0 Å². The third-order valence-electron chi connectivity index (χ3n) is 3.03. The Morgan fingerprint density at radius 2 is 1.65 bits per heavy atom. The molecule has 0 aliphatic heterocycles. The van der Waals surface area contributed by atoms with Crippen LogP contribution < -0.4 is 0 Å². The van der Waals surface area contributed by atoms with E-state index in [1.165, 1.54) is 11.6 Å². The van der Waals surface area contributed by atoms with Gasteiger partial charge in [0, 0.05) is 5.92 Å². The maximum atomic E-state index is 13.3. The SMILES string of the molecule is CCCC(c1ccccc1)c1cccc(F)c1. The Morgan fingerprint density at radius 1 is 0.941 bits per heavy atom. The van der Waals surface area contributed by atoms with Crippen molar-refractivity contribution in [1.82, 2.24) is 0 Å². The molecule has 0 spiro atoms. The molecule has 0 N–H and O–H groups in total. The first-order valence-corrected chi connectivity index (χ1v) is 6.11. The van der Waals surface area contributed by atoms with E-state index in [0.29, 0.717) is 5.92 Å². The molecule has 0 aliphatic rings. The molecular formula is C16H17F. The lowest BCUT2D eigenvalue weighted by atomic mass is 9.88.